The number of hydrogen-bond acceptors (Lipinski definition) is 6. The number of rotatable bonds is 4. The molecule has 1 aromatic heterocycles. The highest BCUT2D eigenvalue weighted by molar-refractivity contribution is 6.31. The van der Waals surface area contributed by atoms with Crippen LogP contribution in [-0.2, 0) is 19.9 Å². The number of aromatic nitrogens is 1. The maximum absolute atomic E-state index is 16.0. The van der Waals surface area contributed by atoms with Crippen LogP contribution in [0, 0.1) is 17.2 Å². The third kappa shape index (κ3) is 4.68. The molecular weight excluding hydrogens is 580 g/mol. The Balaban J connectivity index is 1.46. The number of nitrogens with one attached hydrogen (secondary N) is 3. The van der Waals surface area contributed by atoms with E-state index in [0.29, 0.717) is 17.9 Å². The Bertz CT molecular complexity index is 1400. The van der Waals surface area contributed by atoms with Crippen LogP contribution in [0.25, 0.3) is 0 Å². The molecule has 4 aliphatic rings. The van der Waals surface area contributed by atoms with Gasteiger partial charge in [-0.25, -0.2) is 9.37 Å². The quantitative estimate of drug-likeness (QED) is 0.408. The maximum atomic E-state index is 16.0. The molecule has 6 rings (SSSR count). The molecule has 42 heavy (non-hydrogen) atoms. The number of amides is 2. The first-order valence-corrected chi connectivity index (χ1v) is 15.4. The van der Waals surface area contributed by atoms with Crippen LogP contribution < -0.4 is 16.0 Å². The monoisotopic (exact) mass is 617 g/mol. The summed E-state index contributed by atoms with van der Waals surface area (Å²) in [5.74, 6) is -1.72. The Morgan fingerprint density at radius 1 is 1.12 bits per heavy atom. The lowest BCUT2D eigenvalue weighted by Gasteiger charge is -2.54. The number of benzene rings is 1. The lowest BCUT2D eigenvalue weighted by atomic mass is 9.58. The van der Waals surface area contributed by atoms with E-state index in [1.165, 1.54) is 6.20 Å². The van der Waals surface area contributed by atoms with E-state index in [-0.39, 0.29) is 46.6 Å². The zero-order chi connectivity index (χ0) is 30.0. The van der Waals surface area contributed by atoms with Gasteiger partial charge in [-0.05, 0) is 62.1 Å². The highest BCUT2D eigenvalue weighted by Crippen LogP contribution is 2.63. The van der Waals surface area contributed by atoms with Crippen molar-refractivity contribution in [3.63, 3.8) is 0 Å². The third-order valence-electron chi connectivity index (χ3n) is 10.1. The van der Waals surface area contributed by atoms with Crippen molar-refractivity contribution in [3.8, 4) is 0 Å². The molecule has 0 radical (unpaired) electrons. The minimum Gasteiger partial charge on any atom is -0.362 e. The zero-order valence-corrected chi connectivity index (χ0v) is 25.9. The molecule has 3 N–H and O–H groups in total. The molecule has 2 aliphatic carbocycles. The summed E-state index contributed by atoms with van der Waals surface area (Å²) in [6, 6.07) is 6.25. The third-order valence-corrected chi connectivity index (χ3v) is 10.6. The van der Waals surface area contributed by atoms with Gasteiger partial charge in [-0.15, -0.1) is 0 Å². The van der Waals surface area contributed by atoms with E-state index < -0.39 is 28.9 Å². The average Bonchev–Trinajstić information content (AvgIpc) is 3.19. The number of carbonyl (C=O) groups is 2. The lowest BCUT2D eigenvalue weighted by molar-refractivity contribution is -0.138. The second-order valence-corrected chi connectivity index (χ2v) is 14.1. The van der Waals surface area contributed by atoms with Crippen LogP contribution in [0.15, 0.2) is 30.5 Å². The van der Waals surface area contributed by atoms with Crippen LogP contribution in [0.1, 0.15) is 69.4 Å². The van der Waals surface area contributed by atoms with Crippen molar-refractivity contribution in [1.82, 2.24) is 20.5 Å². The maximum Gasteiger partial charge on any atom is 0.238 e. The highest BCUT2D eigenvalue weighted by atomic mass is 35.5. The molecule has 1 aromatic carbocycles. The van der Waals surface area contributed by atoms with E-state index in [0.717, 1.165) is 36.9 Å². The molecule has 8 nitrogen and oxygen atoms in total. The van der Waals surface area contributed by atoms with Gasteiger partial charge in [-0.3, -0.25) is 14.9 Å². The Morgan fingerprint density at radius 3 is 2.52 bits per heavy atom. The minimum atomic E-state index is -1.11. The van der Waals surface area contributed by atoms with Gasteiger partial charge in [0.2, 0.25) is 11.8 Å². The van der Waals surface area contributed by atoms with Gasteiger partial charge in [0.05, 0.1) is 11.6 Å². The summed E-state index contributed by atoms with van der Waals surface area (Å²) >= 11 is 12.7. The van der Waals surface area contributed by atoms with Crippen LogP contribution >= 0.6 is 23.2 Å². The summed E-state index contributed by atoms with van der Waals surface area (Å²) < 4.78 is 22.9. The summed E-state index contributed by atoms with van der Waals surface area (Å²) in [4.78, 5) is 32.2. The Labute approximate surface area is 256 Å². The average molecular weight is 619 g/mol. The number of fused-ring (bicyclic) bond motifs is 3. The number of anilines is 1. The highest BCUT2D eigenvalue weighted by Gasteiger charge is 2.69. The number of nitrogens with zero attached hydrogens (tertiary/aromatic N) is 2. The van der Waals surface area contributed by atoms with Gasteiger partial charge in [0.25, 0.3) is 0 Å². The van der Waals surface area contributed by atoms with Gasteiger partial charge in [0.1, 0.15) is 12.3 Å². The van der Waals surface area contributed by atoms with Crippen molar-refractivity contribution in [3.05, 3.63) is 57.6 Å². The summed E-state index contributed by atoms with van der Waals surface area (Å²) in [6.07, 6.45) is 5.88. The van der Waals surface area contributed by atoms with Crippen molar-refractivity contribution in [1.29, 1.82) is 0 Å². The largest absolute Gasteiger partial charge is 0.362 e. The van der Waals surface area contributed by atoms with Crippen LogP contribution in [0.5, 0.6) is 0 Å². The predicted molar refractivity (Wildman–Crippen MR) is 160 cm³/mol. The molecule has 1 saturated heterocycles. The number of hydrogen-bond donors (Lipinski definition) is 3. The number of ether oxygens (including phenoxy) is 1. The molecule has 226 valence electrons. The minimum absolute atomic E-state index is 0.0620. The van der Waals surface area contributed by atoms with E-state index in [1.54, 1.807) is 25.1 Å². The second kappa shape index (κ2) is 10.6. The van der Waals surface area contributed by atoms with Gasteiger partial charge in [0, 0.05) is 60.0 Å². The van der Waals surface area contributed by atoms with Crippen molar-refractivity contribution < 1.29 is 18.7 Å². The van der Waals surface area contributed by atoms with Crippen molar-refractivity contribution >= 4 is 40.7 Å². The molecule has 2 saturated carbocycles. The molecule has 2 amide bonds. The van der Waals surface area contributed by atoms with Gasteiger partial charge in [0.15, 0.2) is 11.0 Å². The fraction of sp³-hybridized carbons (Fsp3) is 0.581. The topological polar surface area (TPSA) is 95.6 Å². The van der Waals surface area contributed by atoms with E-state index in [9.17, 15) is 9.59 Å². The summed E-state index contributed by atoms with van der Waals surface area (Å²) in [5, 5.41) is 10.6. The summed E-state index contributed by atoms with van der Waals surface area (Å²) in [7, 11) is 3.48. The first-order valence-electron chi connectivity index (χ1n) is 14.6. The van der Waals surface area contributed by atoms with Crippen molar-refractivity contribution in [2.45, 2.75) is 81.5 Å². The van der Waals surface area contributed by atoms with Gasteiger partial charge >= 0.3 is 0 Å². The van der Waals surface area contributed by atoms with Crippen LogP contribution in [0.4, 0.5) is 10.1 Å². The lowest BCUT2D eigenvalue weighted by Crippen LogP contribution is -2.61. The fourth-order valence-corrected chi connectivity index (χ4v) is 8.05. The standard InChI is InChI=1S/C31H38Cl2FN5O3/c1-29(2)8-10-30(11-9-29)31(21-6-5-18(32)15-22(21)36-16-42-31)23(20-7-12-35-26(33)24(20)34)25(38-30)27(40)37-19-13-17(14-19)28(41)39(3)4/h5-7,12,15,17,19,23,25,36,38H,8-11,13-14,16H2,1-4H3,(H,37,40)/t17-,19-,23-,25+,31-/m0/s1. The second-order valence-electron chi connectivity index (χ2n) is 13.3. The van der Waals surface area contributed by atoms with E-state index >= 15 is 4.39 Å². The van der Waals surface area contributed by atoms with Crippen molar-refractivity contribution in [2.24, 2.45) is 11.3 Å². The normalized spacial score (nSPS) is 30.7. The summed E-state index contributed by atoms with van der Waals surface area (Å²) in [5.41, 5.74) is 0.247. The molecular formula is C31H38Cl2FN5O3. The molecule has 0 bridgehead atoms. The fourth-order valence-electron chi connectivity index (χ4n) is 7.72. The molecule has 3 atom stereocenters. The predicted octanol–water partition coefficient (Wildman–Crippen LogP) is 5.20. The number of halogens is 3. The summed E-state index contributed by atoms with van der Waals surface area (Å²) in [6.45, 7) is 4.68. The van der Waals surface area contributed by atoms with Crippen LogP contribution in [0.3, 0.4) is 0 Å². The Kier molecular flexibility index (Phi) is 7.48. The van der Waals surface area contributed by atoms with Gasteiger partial charge < -0.3 is 20.3 Å². The van der Waals surface area contributed by atoms with Crippen LogP contribution in [0.2, 0.25) is 10.2 Å². The SMILES string of the molecule is CN(C)C(=O)[C@H]1C[C@H](NC(=O)[C@@H]2NC3(CCC(C)(C)CC3)[C@@]3(OCNc4cc(Cl)ccc43)[C@H]2c2ccnc(Cl)c2F)C1. The van der Waals surface area contributed by atoms with Crippen molar-refractivity contribution in [2.75, 3.05) is 26.1 Å². The Hall–Kier alpha value is -2.46. The molecule has 0 unspecified atom stereocenters. The number of carbonyl (C=O) groups excluding carboxylic acids is 2. The van der Waals surface area contributed by atoms with E-state index in [2.05, 4.69) is 34.8 Å². The molecule has 11 heteroatoms. The first-order chi connectivity index (χ1) is 19.9. The smallest absolute Gasteiger partial charge is 0.238 e. The Morgan fingerprint density at radius 2 is 1.83 bits per heavy atom. The van der Waals surface area contributed by atoms with Crippen LogP contribution in [-0.4, -0.2) is 60.1 Å². The molecule has 2 aliphatic heterocycles. The molecule has 2 aromatic rings. The van der Waals surface area contributed by atoms with Gasteiger partial charge in [-0.1, -0.05) is 43.1 Å². The molecule has 3 heterocycles. The zero-order valence-electron chi connectivity index (χ0n) is 24.4. The first kappa shape index (κ1) is 29.6. The molecule has 3 fully saturated rings. The van der Waals surface area contributed by atoms with E-state index in [4.69, 9.17) is 27.9 Å². The molecule has 2 spiro atoms. The van der Waals surface area contributed by atoms with E-state index in [1.807, 2.05) is 18.2 Å². The number of pyridine rings is 1. The van der Waals surface area contributed by atoms with Gasteiger partial charge in [-0.2, -0.15) is 0 Å².